The van der Waals surface area contributed by atoms with Gasteiger partial charge in [0.05, 0.1) is 0 Å². The second-order valence-electron chi connectivity index (χ2n) is 5.10. The molecule has 7 nitrogen and oxygen atoms in total. The molecule has 1 saturated heterocycles. The summed E-state index contributed by atoms with van der Waals surface area (Å²) in [6.45, 7) is 1.26. The summed E-state index contributed by atoms with van der Waals surface area (Å²) in [5.74, 6) is 0.244. The van der Waals surface area contributed by atoms with Crippen molar-refractivity contribution in [1.29, 1.82) is 0 Å². The highest BCUT2D eigenvalue weighted by Gasteiger charge is 2.24. The van der Waals surface area contributed by atoms with Crippen LogP contribution in [0.2, 0.25) is 5.22 Å². The quantitative estimate of drug-likeness (QED) is 0.891. The van der Waals surface area contributed by atoms with Crippen LogP contribution in [0.5, 0.6) is 0 Å². The van der Waals surface area contributed by atoms with E-state index < -0.39 is 0 Å². The van der Waals surface area contributed by atoms with Crippen LogP contribution in [-0.2, 0) is 0 Å². The molecule has 0 aromatic carbocycles. The molecule has 3 rings (SSSR count). The standard InChI is InChI=1S/C14H15ClN4O3/c15-11-4-3-10(22-11)13(20)18-9-2-1-7-19(8-9)12-14(21)17-6-5-16-12/h3-6,9H,1-2,7-8H2,(H,17,21)(H,18,20). The van der Waals surface area contributed by atoms with Crippen LogP contribution in [-0.4, -0.2) is 35.0 Å². The van der Waals surface area contributed by atoms with Crippen molar-refractivity contribution >= 4 is 23.3 Å². The number of halogens is 1. The topological polar surface area (TPSA) is 91.2 Å². The van der Waals surface area contributed by atoms with Gasteiger partial charge >= 0.3 is 0 Å². The lowest BCUT2D eigenvalue weighted by molar-refractivity contribution is 0.0905. The van der Waals surface area contributed by atoms with Crippen LogP contribution < -0.4 is 15.8 Å². The first kappa shape index (κ1) is 14.6. The van der Waals surface area contributed by atoms with E-state index in [0.29, 0.717) is 12.4 Å². The molecule has 2 aromatic heterocycles. The molecule has 22 heavy (non-hydrogen) atoms. The zero-order valence-electron chi connectivity index (χ0n) is 11.7. The van der Waals surface area contributed by atoms with E-state index >= 15 is 0 Å². The van der Waals surface area contributed by atoms with Crippen LogP contribution in [0, 0.1) is 0 Å². The number of carbonyl (C=O) groups is 1. The molecule has 1 aliphatic rings. The van der Waals surface area contributed by atoms with Gasteiger partial charge in [-0.05, 0) is 36.6 Å². The van der Waals surface area contributed by atoms with Crippen molar-refractivity contribution in [1.82, 2.24) is 15.3 Å². The van der Waals surface area contributed by atoms with Gasteiger partial charge in [0, 0.05) is 31.5 Å². The number of piperidine rings is 1. The van der Waals surface area contributed by atoms with Crippen molar-refractivity contribution in [2.75, 3.05) is 18.0 Å². The summed E-state index contributed by atoms with van der Waals surface area (Å²) in [4.78, 5) is 32.5. The summed E-state index contributed by atoms with van der Waals surface area (Å²) in [7, 11) is 0. The van der Waals surface area contributed by atoms with E-state index in [0.717, 1.165) is 19.4 Å². The fourth-order valence-corrected chi connectivity index (χ4v) is 2.70. The number of nitrogens with one attached hydrogen (secondary N) is 2. The molecule has 8 heteroatoms. The highest BCUT2D eigenvalue weighted by molar-refractivity contribution is 6.29. The Kier molecular flexibility index (Phi) is 4.15. The Labute approximate surface area is 131 Å². The zero-order chi connectivity index (χ0) is 15.5. The number of anilines is 1. The Morgan fingerprint density at radius 3 is 3.09 bits per heavy atom. The molecule has 0 aliphatic carbocycles. The predicted molar refractivity (Wildman–Crippen MR) is 81.3 cm³/mol. The maximum absolute atomic E-state index is 12.1. The third kappa shape index (κ3) is 3.14. The molecule has 1 amide bonds. The fraction of sp³-hybridized carbons (Fsp3) is 0.357. The minimum Gasteiger partial charge on any atom is -0.440 e. The molecule has 0 bridgehead atoms. The Balaban J connectivity index is 1.67. The van der Waals surface area contributed by atoms with Gasteiger partial charge in [-0.2, -0.15) is 0 Å². The van der Waals surface area contributed by atoms with E-state index in [1.165, 1.54) is 18.3 Å². The van der Waals surface area contributed by atoms with Crippen molar-refractivity contribution in [3.8, 4) is 0 Å². The van der Waals surface area contributed by atoms with Crippen molar-refractivity contribution in [2.24, 2.45) is 0 Å². The maximum atomic E-state index is 12.1. The number of nitrogens with zero attached hydrogens (tertiary/aromatic N) is 2. The van der Waals surface area contributed by atoms with Gasteiger partial charge in [0.2, 0.25) is 0 Å². The lowest BCUT2D eigenvalue weighted by Crippen LogP contribution is -2.49. The Bertz CT molecular complexity index is 727. The van der Waals surface area contributed by atoms with E-state index in [1.54, 1.807) is 6.20 Å². The largest absolute Gasteiger partial charge is 0.440 e. The molecule has 0 radical (unpaired) electrons. The summed E-state index contributed by atoms with van der Waals surface area (Å²) in [5, 5.41) is 3.07. The smallest absolute Gasteiger partial charge is 0.290 e. The second kappa shape index (κ2) is 6.23. The van der Waals surface area contributed by atoms with Crippen LogP contribution in [0.1, 0.15) is 23.4 Å². The molecule has 2 aromatic rings. The van der Waals surface area contributed by atoms with Crippen molar-refractivity contribution in [3.05, 3.63) is 45.9 Å². The molecule has 116 valence electrons. The minimum absolute atomic E-state index is 0.0773. The second-order valence-corrected chi connectivity index (χ2v) is 5.48. The number of hydrogen-bond donors (Lipinski definition) is 2. The monoisotopic (exact) mass is 322 g/mol. The number of carbonyl (C=O) groups excluding carboxylic acids is 1. The van der Waals surface area contributed by atoms with Gasteiger partial charge in [-0.1, -0.05) is 0 Å². The molecule has 2 N–H and O–H groups in total. The molecule has 1 aliphatic heterocycles. The van der Waals surface area contributed by atoms with Crippen LogP contribution in [0.4, 0.5) is 5.82 Å². The van der Waals surface area contributed by atoms with Crippen molar-refractivity contribution in [3.63, 3.8) is 0 Å². The van der Waals surface area contributed by atoms with Gasteiger partial charge in [-0.3, -0.25) is 9.59 Å². The Hall–Kier alpha value is -2.28. The predicted octanol–water partition coefficient (Wildman–Crippen LogP) is 1.42. The Morgan fingerprint density at radius 1 is 1.50 bits per heavy atom. The molecule has 0 saturated carbocycles. The summed E-state index contributed by atoms with van der Waals surface area (Å²) in [6.07, 6.45) is 4.74. The van der Waals surface area contributed by atoms with E-state index in [4.69, 9.17) is 16.0 Å². The Morgan fingerprint density at radius 2 is 2.36 bits per heavy atom. The first-order chi connectivity index (χ1) is 10.6. The number of hydrogen-bond acceptors (Lipinski definition) is 5. The third-order valence-electron chi connectivity index (χ3n) is 3.54. The van der Waals surface area contributed by atoms with Crippen LogP contribution >= 0.6 is 11.6 Å². The summed E-state index contributed by atoms with van der Waals surface area (Å²) < 4.78 is 5.09. The van der Waals surface area contributed by atoms with Crippen molar-refractivity contribution in [2.45, 2.75) is 18.9 Å². The zero-order valence-corrected chi connectivity index (χ0v) is 12.5. The van der Waals surface area contributed by atoms with Crippen molar-refractivity contribution < 1.29 is 9.21 Å². The van der Waals surface area contributed by atoms with Gasteiger partial charge in [0.1, 0.15) is 0 Å². The average Bonchev–Trinajstić information content (AvgIpc) is 2.95. The lowest BCUT2D eigenvalue weighted by atomic mass is 10.1. The van der Waals surface area contributed by atoms with Gasteiger partial charge in [0.15, 0.2) is 16.8 Å². The number of H-pyrrole nitrogens is 1. The fourth-order valence-electron chi connectivity index (χ4n) is 2.55. The number of furan rings is 1. The van der Waals surface area contributed by atoms with Gasteiger partial charge in [-0.15, -0.1) is 0 Å². The average molecular weight is 323 g/mol. The molecule has 1 unspecified atom stereocenters. The van der Waals surface area contributed by atoms with Gasteiger partial charge in [0.25, 0.3) is 11.5 Å². The highest BCUT2D eigenvalue weighted by atomic mass is 35.5. The SMILES string of the molecule is O=C(NC1CCCN(c2ncc[nH]c2=O)C1)c1ccc(Cl)o1. The number of aromatic amines is 1. The number of rotatable bonds is 3. The number of amides is 1. The minimum atomic E-state index is -0.311. The molecule has 1 atom stereocenters. The summed E-state index contributed by atoms with van der Waals surface area (Å²) in [5.41, 5.74) is -0.229. The van der Waals surface area contributed by atoms with Gasteiger partial charge < -0.3 is 19.6 Å². The van der Waals surface area contributed by atoms with E-state index in [2.05, 4.69) is 15.3 Å². The normalized spacial score (nSPS) is 18.2. The first-order valence-corrected chi connectivity index (χ1v) is 7.36. The first-order valence-electron chi connectivity index (χ1n) is 6.98. The molecular weight excluding hydrogens is 308 g/mol. The summed E-state index contributed by atoms with van der Waals surface area (Å²) in [6, 6.07) is 2.98. The number of aromatic nitrogens is 2. The maximum Gasteiger partial charge on any atom is 0.290 e. The lowest BCUT2D eigenvalue weighted by Gasteiger charge is -2.33. The summed E-state index contributed by atoms with van der Waals surface area (Å²) >= 11 is 5.67. The van der Waals surface area contributed by atoms with E-state index in [1.807, 2.05) is 4.90 Å². The van der Waals surface area contributed by atoms with Crippen LogP contribution in [0.25, 0.3) is 0 Å². The highest BCUT2D eigenvalue weighted by Crippen LogP contribution is 2.16. The van der Waals surface area contributed by atoms with Gasteiger partial charge in [-0.25, -0.2) is 4.98 Å². The van der Waals surface area contributed by atoms with Crippen LogP contribution in [0.15, 0.2) is 33.7 Å². The molecule has 1 fully saturated rings. The molecular formula is C14H15ClN4O3. The third-order valence-corrected chi connectivity index (χ3v) is 3.75. The van der Waals surface area contributed by atoms with E-state index in [-0.39, 0.29) is 28.5 Å². The molecule has 3 heterocycles. The van der Waals surface area contributed by atoms with E-state index in [9.17, 15) is 9.59 Å². The van der Waals surface area contributed by atoms with Crippen LogP contribution in [0.3, 0.4) is 0 Å². The molecule has 0 spiro atoms.